The third kappa shape index (κ3) is 3.34. The fraction of sp³-hybridized carbons (Fsp3) is 0.364. The molecular formula is C11H15NO3S. The van der Waals surface area contributed by atoms with Crippen LogP contribution in [0.2, 0.25) is 0 Å². The molecule has 0 aromatic heterocycles. The first-order valence-corrected chi connectivity index (χ1v) is 6.81. The molecule has 16 heavy (non-hydrogen) atoms. The number of nitrogens with one attached hydrogen (secondary N) is 1. The number of benzene rings is 1. The zero-order valence-electron chi connectivity index (χ0n) is 9.52. The van der Waals surface area contributed by atoms with Crippen molar-refractivity contribution in [1.29, 1.82) is 0 Å². The summed E-state index contributed by atoms with van der Waals surface area (Å²) in [4.78, 5) is 11.7. The molecule has 0 unspecified atom stereocenters. The molecule has 1 rings (SSSR count). The summed E-state index contributed by atoms with van der Waals surface area (Å²) in [6, 6.07) is 6.98. The molecule has 1 amide bonds. The lowest BCUT2D eigenvalue weighted by Crippen LogP contribution is -2.30. The number of amides is 1. The van der Waals surface area contributed by atoms with Crippen LogP contribution < -0.4 is 4.72 Å². The van der Waals surface area contributed by atoms with Crippen LogP contribution in [0.5, 0.6) is 0 Å². The fourth-order valence-electron chi connectivity index (χ4n) is 1.43. The molecule has 1 aromatic carbocycles. The van der Waals surface area contributed by atoms with E-state index in [0.717, 1.165) is 11.8 Å². The van der Waals surface area contributed by atoms with Gasteiger partial charge in [0.15, 0.2) is 0 Å². The van der Waals surface area contributed by atoms with Crippen LogP contribution in [-0.2, 0) is 10.0 Å². The molecule has 0 bridgehead atoms. The molecular weight excluding hydrogens is 226 g/mol. The molecule has 4 nitrogen and oxygen atoms in total. The van der Waals surface area contributed by atoms with E-state index in [1.165, 1.54) is 0 Å². The second-order valence-electron chi connectivity index (χ2n) is 3.95. The summed E-state index contributed by atoms with van der Waals surface area (Å²) in [5, 5.41) is 0. The Morgan fingerprint density at radius 3 is 2.31 bits per heavy atom. The van der Waals surface area contributed by atoms with Crippen molar-refractivity contribution in [3.05, 3.63) is 35.4 Å². The molecule has 0 heterocycles. The quantitative estimate of drug-likeness (QED) is 0.872. The fourth-order valence-corrected chi connectivity index (χ4v) is 1.88. The van der Waals surface area contributed by atoms with Crippen molar-refractivity contribution in [2.24, 2.45) is 0 Å². The largest absolute Gasteiger partial charge is 0.268 e. The minimum atomic E-state index is -3.51. The van der Waals surface area contributed by atoms with Crippen LogP contribution in [0.25, 0.3) is 0 Å². The molecule has 88 valence electrons. The Morgan fingerprint density at radius 1 is 1.25 bits per heavy atom. The molecule has 0 aliphatic carbocycles. The predicted octanol–water partition coefficient (Wildman–Crippen LogP) is 1.50. The Kier molecular flexibility index (Phi) is 3.70. The molecule has 0 saturated carbocycles. The van der Waals surface area contributed by atoms with Crippen molar-refractivity contribution in [2.45, 2.75) is 19.8 Å². The van der Waals surface area contributed by atoms with E-state index in [1.54, 1.807) is 12.1 Å². The van der Waals surface area contributed by atoms with Crippen molar-refractivity contribution in [3.63, 3.8) is 0 Å². The van der Waals surface area contributed by atoms with Crippen molar-refractivity contribution >= 4 is 15.9 Å². The molecule has 0 aliphatic heterocycles. The van der Waals surface area contributed by atoms with Gasteiger partial charge in [0.2, 0.25) is 10.0 Å². The van der Waals surface area contributed by atoms with E-state index in [-0.39, 0.29) is 5.92 Å². The molecule has 0 aliphatic rings. The van der Waals surface area contributed by atoms with E-state index in [4.69, 9.17) is 0 Å². The number of hydrogen-bond acceptors (Lipinski definition) is 3. The maximum atomic E-state index is 11.7. The van der Waals surface area contributed by atoms with Gasteiger partial charge in [-0.2, -0.15) is 0 Å². The van der Waals surface area contributed by atoms with Crippen LogP contribution in [0.15, 0.2) is 24.3 Å². The highest BCUT2D eigenvalue weighted by molar-refractivity contribution is 7.89. The van der Waals surface area contributed by atoms with Gasteiger partial charge in [0.25, 0.3) is 5.91 Å². The van der Waals surface area contributed by atoms with Crippen molar-refractivity contribution in [3.8, 4) is 0 Å². The van der Waals surface area contributed by atoms with Gasteiger partial charge in [0.1, 0.15) is 0 Å². The Balaban J connectivity index is 3.09. The second-order valence-corrected chi connectivity index (χ2v) is 5.69. The first-order chi connectivity index (χ1) is 7.31. The van der Waals surface area contributed by atoms with E-state index in [0.29, 0.717) is 5.56 Å². The Morgan fingerprint density at radius 2 is 1.81 bits per heavy atom. The number of rotatable bonds is 3. The summed E-state index contributed by atoms with van der Waals surface area (Å²) >= 11 is 0. The molecule has 0 atom stereocenters. The monoisotopic (exact) mass is 241 g/mol. The molecule has 0 saturated heterocycles. The lowest BCUT2D eigenvalue weighted by atomic mass is 9.97. The third-order valence-electron chi connectivity index (χ3n) is 2.11. The van der Waals surface area contributed by atoms with E-state index in [9.17, 15) is 13.2 Å². The lowest BCUT2D eigenvalue weighted by molar-refractivity contribution is 0.0980. The van der Waals surface area contributed by atoms with Crippen molar-refractivity contribution in [2.75, 3.05) is 6.26 Å². The van der Waals surface area contributed by atoms with Gasteiger partial charge in [0.05, 0.1) is 6.26 Å². The van der Waals surface area contributed by atoms with Gasteiger partial charge in [0, 0.05) is 5.56 Å². The summed E-state index contributed by atoms with van der Waals surface area (Å²) in [5.41, 5.74) is 1.24. The summed E-state index contributed by atoms with van der Waals surface area (Å²) in [6.45, 7) is 3.90. The number of sulfonamides is 1. The van der Waals surface area contributed by atoms with Crippen LogP contribution in [0, 0.1) is 0 Å². The van der Waals surface area contributed by atoms with Gasteiger partial charge in [-0.05, 0) is 17.5 Å². The maximum absolute atomic E-state index is 11.7. The average molecular weight is 241 g/mol. The van der Waals surface area contributed by atoms with Gasteiger partial charge in [-0.15, -0.1) is 0 Å². The number of carbonyl (C=O) groups is 1. The van der Waals surface area contributed by atoms with Crippen molar-refractivity contribution < 1.29 is 13.2 Å². The van der Waals surface area contributed by atoms with E-state index >= 15 is 0 Å². The van der Waals surface area contributed by atoms with Crippen LogP contribution in [0.4, 0.5) is 0 Å². The minimum absolute atomic E-state index is 0.168. The van der Waals surface area contributed by atoms with E-state index in [1.807, 2.05) is 30.7 Å². The summed E-state index contributed by atoms with van der Waals surface area (Å²) in [7, 11) is -3.51. The Bertz CT molecular complexity index is 492. The first-order valence-electron chi connectivity index (χ1n) is 4.92. The van der Waals surface area contributed by atoms with Gasteiger partial charge in [-0.3, -0.25) is 4.79 Å². The SMILES string of the molecule is CC(C)c1ccccc1C(=O)NS(C)(=O)=O. The van der Waals surface area contributed by atoms with Crippen LogP contribution in [0.3, 0.4) is 0 Å². The molecule has 0 fully saturated rings. The van der Waals surface area contributed by atoms with Gasteiger partial charge in [-0.1, -0.05) is 32.0 Å². The molecule has 5 heteroatoms. The van der Waals surface area contributed by atoms with E-state index < -0.39 is 15.9 Å². The normalized spacial score (nSPS) is 11.5. The third-order valence-corrected chi connectivity index (χ3v) is 2.66. The predicted molar refractivity (Wildman–Crippen MR) is 62.8 cm³/mol. The molecule has 1 aromatic rings. The van der Waals surface area contributed by atoms with Gasteiger partial charge >= 0.3 is 0 Å². The zero-order chi connectivity index (χ0) is 12.3. The Hall–Kier alpha value is -1.36. The summed E-state index contributed by atoms with van der Waals surface area (Å²) < 4.78 is 23.9. The van der Waals surface area contributed by atoms with Gasteiger partial charge < -0.3 is 0 Å². The topological polar surface area (TPSA) is 63.2 Å². The molecule has 0 spiro atoms. The highest BCUT2D eigenvalue weighted by Gasteiger charge is 2.15. The molecule has 0 radical (unpaired) electrons. The summed E-state index contributed by atoms with van der Waals surface area (Å²) in [5.74, 6) is -0.409. The number of hydrogen-bond donors (Lipinski definition) is 1. The zero-order valence-corrected chi connectivity index (χ0v) is 10.3. The summed E-state index contributed by atoms with van der Waals surface area (Å²) in [6.07, 6.45) is 0.961. The smallest absolute Gasteiger partial charge is 0.265 e. The molecule has 1 N–H and O–H groups in total. The maximum Gasteiger partial charge on any atom is 0.265 e. The van der Waals surface area contributed by atoms with Crippen LogP contribution >= 0.6 is 0 Å². The van der Waals surface area contributed by atoms with Crippen molar-refractivity contribution in [1.82, 2.24) is 4.72 Å². The average Bonchev–Trinajstić information content (AvgIpc) is 2.15. The highest BCUT2D eigenvalue weighted by atomic mass is 32.2. The first kappa shape index (κ1) is 12.7. The van der Waals surface area contributed by atoms with Crippen LogP contribution in [-0.4, -0.2) is 20.6 Å². The minimum Gasteiger partial charge on any atom is -0.268 e. The van der Waals surface area contributed by atoms with E-state index in [2.05, 4.69) is 0 Å². The Labute approximate surface area is 95.7 Å². The standard InChI is InChI=1S/C11H15NO3S/c1-8(2)9-6-4-5-7-10(9)11(13)12-16(3,14)15/h4-8H,1-3H3,(H,12,13). The number of carbonyl (C=O) groups excluding carboxylic acids is 1. The van der Waals surface area contributed by atoms with Gasteiger partial charge in [-0.25, -0.2) is 13.1 Å². The highest BCUT2D eigenvalue weighted by Crippen LogP contribution is 2.18. The van der Waals surface area contributed by atoms with Crippen LogP contribution in [0.1, 0.15) is 35.7 Å². The lowest BCUT2D eigenvalue weighted by Gasteiger charge is -2.11. The second kappa shape index (κ2) is 4.65.